The number of fused-ring (bicyclic) bond motifs is 1. The van der Waals surface area contributed by atoms with Crippen molar-refractivity contribution in [1.82, 2.24) is 15.5 Å². The van der Waals surface area contributed by atoms with Gasteiger partial charge in [-0.15, -0.1) is 10.2 Å². The zero-order valence-corrected chi connectivity index (χ0v) is 21.5. The van der Waals surface area contributed by atoms with Crippen LogP contribution >= 0.6 is 34.9 Å². The molecule has 1 aromatic heterocycles. The molecule has 0 atom stereocenters. The number of amides is 1. The summed E-state index contributed by atoms with van der Waals surface area (Å²) in [6, 6.07) is 13.5. The van der Waals surface area contributed by atoms with Crippen LogP contribution in [-0.4, -0.2) is 39.1 Å². The van der Waals surface area contributed by atoms with Crippen molar-refractivity contribution < 1.29 is 15.0 Å². The number of aryl methyl sites for hydroxylation is 3. The Morgan fingerprint density at radius 3 is 2.47 bits per heavy atom. The average molecular weight is 512 g/mol. The van der Waals surface area contributed by atoms with Gasteiger partial charge in [0.25, 0.3) is 5.91 Å². The second-order valence-electron chi connectivity index (χ2n) is 7.88. The summed E-state index contributed by atoms with van der Waals surface area (Å²) in [5.41, 5.74) is 3.77. The van der Waals surface area contributed by atoms with Gasteiger partial charge in [-0.25, -0.2) is 0 Å². The maximum Gasteiger partial charge on any atom is 0.256 e. The molecule has 9 heteroatoms. The molecule has 34 heavy (non-hydrogen) atoms. The zero-order chi connectivity index (χ0) is 24.2. The fourth-order valence-corrected chi connectivity index (χ4v) is 6.45. The lowest BCUT2D eigenvalue weighted by molar-refractivity contribution is 0.0947. The summed E-state index contributed by atoms with van der Waals surface area (Å²) in [4.78, 5) is 13.8. The molecule has 3 aromatic carbocycles. The third kappa shape index (κ3) is 5.16. The first-order valence-corrected chi connectivity index (χ1v) is 13.6. The number of aromatic nitrogens is 2. The molecule has 0 aliphatic rings. The van der Waals surface area contributed by atoms with Crippen LogP contribution in [0, 0.1) is 13.8 Å². The molecule has 0 aliphatic carbocycles. The quantitative estimate of drug-likeness (QED) is 0.153. The Balaban J connectivity index is 1.59. The Labute approximate surface area is 210 Å². The number of hydrogen-bond donors (Lipinski definition) is 3. The van der Waals surface area contributed by atoms with Gasteiger partial charge in [-0.05, 0) is 44.1 Å². The minimum atomic E-state index is -0.434. The van der Waals surface area contributed by atoms with Crippen LogP contribution in [0.15, 0.2) is 56.0 Å². The molecule has 6 nitrogen and oxygen atoms in total. The van der Waals surface area contributed by atoms with Gasteiger partial charge in [0.2, 0.25) is 0 Å². The van der Waals surface area contributed by atoms with Crippen LogP contribution in [0.1, 0.15) is 33.5 Å². The van der Waals surface area contributed by atoms with E-state index >= 15 is 0 Å². The molecule has 0 bridgehead atoms. The second kappa shape index (κ2) is 10.7. The van der Waals surface area contributed by atoms with Gasteiger partial charge in [0.05, 0.1) is 5.56 Å². The van der Waals surface area contributed by atoms with E-state index in [0.717, 1.165) is 17.2 Å². The molecular weight excluding hydrogens is 486 g/mol. The highest BCUT2D eigenvalue weighted by Crippen LogP contribution is 2.47. The molecule has 0 aliphatic heterocycles. The van der Waals surface area contributed by atoms with Crippen LogP contribution in [0.5, 0.6) is 11.5 Å². The first kappa shape index (κ1) is 24.4. The number of nitrogens with zero attached hydrogens (tertiary/aromatic N) is 2. The Hall–Kier alpha value is -2.75. The number of benzene rings is 3. The van der Waals surface area contributed by atoms with Crippen molar-refractivity contribution in [2.75, 3.05) is 12.8 Å². The summed E-state index contributed by atoms with van der Waals surface area (Å²) < 4.78 is 1.47. The fraction of sp³-hybridized carbons (Fsp3) is 0.240. The fourth-order valence-electron chi connectivity index (χ4n) is 3.80. The summed E-state index contributed by atoms with van der Waals surface area (Å²) in [6.07, 6.45) is 3.52. The number of carbonyl (C=O) groups is 1. The van der Waals surface area contributed by atoms with E-state index < -0.39 is 11.7 Å². The average Bonchev–Trinajstić information content (AvgIpc) is 3.29. The largest absolute Gasteiger partial charge is 0.504 e. The third-order valence-electron chi connectivity index (χ3n) is 5.50. The van der Waals surface area contributed by atoms with Crippen LogP contribution in [0.2, 0.25) is 0 Å². The highest BCUT2D eigenvalue weighted by molar-refractivity contribution is 8.03. The van der Waals surface area contributed by atoms with Crippen molar-refractivity contribution in [3.05, 3.63) is 64.7 Å². The SMILES string of the molecule is CSc1nnc(Sc2c(C(=O)NCCCc3ccc(C)cc3C)c(O)c(O)c3ccccc23)s1. The van der Waals surface area contributed by atoms with Crippen molar-refractivity contribution in [2.45, 2.75) is 40.3 Å². The summed E-state index contributed by atoms with van der Waals surface area (Å²) >= 11 is 4.18. The lowest BCUT2D eigenvalue weighted by atomic mass is 10.0. The number of phenolic OH excluding ortho intramolecular Hbond substituents is 2. The molecule has 0 saturated heterocycles. The normalized spacial score (nSPS) is 11.1. The van der Waals surface area contributed by atoms with Gasteiger partial charge >= 0.3 is 0 Å². The molecule has 0 fully saturated rings. The van der Waals surface area contributed by atoms with Crippen molar-refractivity contribution in [3.8, 4) is 11.5 Å². The molecule has 1 heterocycles. The highest BCUT2D eigenvalue weighted by Gasteiger charge is 2.25. The summed E-state index contributed by atoms with van der Waals surface area (Å²) in [7, 11) is 0. The van der Waals surface area contributed by atoms with Crippen LogP contribution in [0.25, 0.3) is 10.8 Å². The van der Waals surface area contributed by atoms with E-state index in [1.165, 1.54) is 51.6 Å². The molecule has 0 unspecified atom stereocenters. The van der Waals surface area contributed by atoms with E-state index in [9.17, 15) is 15.0 Å². The lowest BCUT2D eigenvalue weighted by Gasteiger charge is -2.15. The molecule has 176 valence electrons. The van der Waals surface area contributed by atoms with Gasteiger partial charge in [0.1, 0.15) is 0 Å². The lowest BCUT2D eigenvalue weighted by Crippen LogP contribution is -2.25. The number of carbonyl (C=O) groups excluding carboxylic acids is 1. The molecule has 3 N–H and O–H groups in total. The van der Waals surface area contributed by atoms with Crippen molar-refractivity contribution >= 4 is 51.5 Å². The Morgan fingerprint density at radius 1 is 1.03 bits per heavy atom. The molecule has 0 saturated carbocycles. The van der Waals surface area contributed by atoms with Crippen molar-refractivity contribution in [2.24, 2.45) is 0 Å². The first-order valence-electron chi connectivity index (χ1n) is 10.7. The van der Waals surface area contributed by atoms with Gasteiger partial charge < -0.3 is 15.5 Å². The number of aromatic hydroxyl groups is 2. The van der Waals surface area contributed by atoms with E-state index in [1.807, 2.05) is 18.4 Å². The molecular formula is C25H25N3O3S3. The van der Waals surface area contributed by atoms with Crippen molar-refractivity contribution in [3.63, 3.8) is 0 Å². The molecule has 1 amide bonds. The van der Waals surface area contributed by atoms with Crippen LogP contribution < -0.4 is 5.32 Å². The van der Waals surface area contributed by atoms with Gasteiger partial charge in [-0.3, -0.25) is 4.79 Å². The summed E-state index contributed by atoms with van der Waals surface area (Å²) in [6.45, 7) is 4.61. The molecule has 4 aromatic rings. The third-order valence-corrected chi connectivity index (χ3v) is 8.58. The minimum Gasteiger partial charge on any atom is -0.504 e. The molecule has 0 radical (unpaired) electrons. The van der Waals surface area contributed by atoms with Crippen molar-refractivity contribution in [1.29, 1.82) is 0 Å². The monoisotopic (exact) mass is 511 g/mol. The van der Waals surface area contributed by atoms with E-state index in [2.05, 4.69) is 47.6 Å². The smallest absolute Gasteiger partial charge is 0.256 e. The van der Waals surface area contributed by atoms with Gasteiger partial charge in [0.15, 0.2) is 20.2 Å². The predicted molar refractivity (Wildman–Crippen MR) is 140 cm³/mol. The van der Waals surface area contributed by atoms with E-state index in [-0.39, 0.29) is 11.3 Å². The Bertz CT molecular complexity index is 1350. The summed E-state index contributed by atoms with van der Waals surface area (Å²) in [5, 5.41) is 33.8. The molecule has 4 rings (SSSR count). The van der Waals surface area contributed by atoms with Crippen LogP contribution in [0.3, 0.4) is 0 Å². The minimum absolute atomic E-state index is 0.0496. The van der Waals surface area contributed by atoms with Gasteiger partial charge in [-0.2, -0.15) is 0 Å². The first-order chi connectivity index (χ1) is 16.4. The Morgan fingerprint density at radius 2 is 1.76 bits per heavy atom. The van der Waals surface area contributed by atoms with E-state index in [0.29, 0.717) is 26.6 Å². The zero-order valence-electron chi connectivity index (χ0n) is 19.1. The maximum atomic E-state index is 13.2. The highest BCUT2D eigenvalue weighted by atomic mass is 32.2. The van der Waals surface area contributed by atoms with E-state index in [1.54, 1.807) is 12.1 Å². The topological polar surface area (TPSA) is 95.3 Å². The van der Waals surface area contributed by atoms with Crippen LogP contribution in [0.4, 0.5) is 0 Å². The summed E-state index contributed by atoms with van der Waals surface area (Å²) in [5.74, 6) is -1.17. The second-order valence-corrected chi connectivity index (χ2v) is 11.2. The van der Waals surface area contributed by atoms with Crippen LogP contribution in [-0.2, 0) is 6.42 Å². The van der Waals surface area contributed by atoms with Gasteiger partial charge in [-0.1, -0.05) is 82.9 Å². The molecule has 0 spiro atoms. The number of thioether (sulfide) groups is 1. The number of hydrogen-bond acceptors (Lipinski definition) is 8. The number of rotatable bonds is 8. The number of nitrogens with one attached hydrogen (secondary N) is 1. The number of phenols is 2. The predicted octanol–water partition coefficient (Wildman–Crippen LogP) is 5.96. The Kier molecular flexibility index (Phi) is 7.65. The standard InChI is InChI=1S/C25H25N3O3S3/c1-14-10-11-16(15(2)13-14)7-6-12-26-23(31)19-21(30)20(29)17-8-4-5-9-18(17)22(19)33-25-28-27-24(32-3)34-25/h4-5,8-11,13,29-30H,6-7,12H2,1-3H3,(H,26,31). The van der Waals surface area contributed by atoms with Gasteiger partial charge in [0, 0.05) is 22.2 Å². The maximum absolute atomic E-state index is 13.2. The van der Waals surface area contributed by atoms with E-state index in [4.69, 9.17) is 0 Å².